The molecule has 4 rings (SSSR count). The quantitative estimate of drug-likeness (QED) is 0.725. The Hall–Kier alpha value is -2.87. The topological polar surface area (TPSA) is 83.0 Å². The van der Waals surface area contributed by atoms with Gasteiger partial charge < -0.3 is 23.8 Å². The van der Waals surface area contributed by atoms with Crippen molar-refractivity contribution in [2.45, 2.75) is 44.3 Å². The highest BCUT2D eigenvalue weighted by Crippen LogP contribution is 2.37. The average Bonchev–Trinajstić information content (AvgIpc) is 2.79. The largest absolute Gasteiger partial charge is 0.481 e. The molecule has 0 radical (unpaired) electrons. The Morgan fingerprint density at radius 2 is 1.97 bits per heavy atom. The maximum absolute atomic E-state index is 13.1. The first-order chi connectivity index (χ1) is 15.0. The normalized spacial score (nSPS) is 20.4. The van der Waals surface area contributed by atoms with Gasteiger partial charge in [-0.15, -0.1) is 0 Å². The van der Waals surface area contributed by atoms with Gasteiger partial charge in [-0.2, -0.15) is 4.98 Å². The van der Waals surface area contributed by atoms with Crippen LogP contribution < -0.4 is 14.2 Å². The summed E-state index contributed by atoms with van der Waals surface area (Å²) in [6, 6.07) is 7.29. The number of carbonyl (C=O) groups excluding carboxylic acids is 1. The van der Waals surface area contributed by atoms with Crippen LogP contribution in [0.4, 0.5) is 0 Å². The van der Waals surface area contributed by atoms with Gasteiger partial charge in [0.1, 0.15) is 11.7 Å². The number of aryl methyl sites for hydroxylation is 1. The summed E-state index contributed by atoms with van der Waals surface area (Å²) in [5.41, 5.74) is 1.31. The van der Waals surface area contributed by atoms with E-state index in [0.29, 0.717) is 37.0 Å². The number of piperidine rings is 1. The van der Waals surface area contributed by atoms with Crippen molar-refractivity contribution < 1.29 is 23.7 Å². The maximum Gasteiger partial charge on any atom is 0.259 e. The number of pyridine rings is 2. The van der Waals surface area contributed by atoms with Crippen LogP contribution in [0.1, 0.15) is 41.6 Å². The van der Waals surface area contributed by atoms with E-state index in [0.717, 1.165) is 31.2 Å². The molecule has 2 aliphatic heterocycles. The van der Waals surface area contributed by atoms with Gasteiger partial charge in [0, 0.05) is 44.3 Å². The molecule has 2 aromatic heterocycles. The molecule has 4 heterocycles. The molecule has 0 saturated carbocycles. The van der Waals surface area contributed by atoms with Crippen LogP contribution in [0.5, 0.6) is 17.6 Å². The number of carbonyl (C=O) groups is 1. The van der Waals surface area contributed by atoms with Crippen LogP contribution in [0.3, 0.4) is 0 Å². The smallest absolute Gasteiger partial charge is 0.259 e. The van der Waals surface area contributed by atoms with Crippen molar-refractivity contribution in [2.75, 3.05) is 33.9 Å². The van der Waals surface area contributed by atoms with Crippen molar-refractivity contribution >= 4 is 5.91 Å². The van der Waals surface area contributed by atoms with E-state index in [-0.39, 0.29) is 23.5 Å². The second-order valence-electron chi connectivity index (χ2n) is 8.14. The van der Waals surface area contributed by atoms with Crippen molar-refractivity contribution in [2.24, 2.45) is 0 Å². The summed E-state index contributed by atoms with van der Waals surface area (Å²) in [5.74, 6) is 1.26. The zero-order chi connectivity index (χ0) is 21.8. The molecule has 1 atom stereocenters. The lowest BCUT2D eigenvalue weighted by atomic mass is 9.83. The predicted octanol–water partition coefficient (Wildman–Crippen LogP) is 3.04. The third-order valence-electron chi connectivity index (χ3n) is 6.06. The summed E-state index contributed by atoms with van der Waals surface area (Å²) in [7, 11) is 3.03. The number of amides is 1. The first-order valence-corrected chi connectivity index (χ1v) is 10.6. The van der Waals surface area contributed by atoms with E-state index >= 15 is 0 Å². The van der Waals surface area contributed by atoms with E-state index in [1.54, 1.807) is 18.3 Å². The van der Waals surface area contributed by atoms with E-state index in [1.165, 1.54) is 14.2 Å². The lowest BCUT2D eigenvalue weighted by molar-refractivity contribution is -0.135. The van der Waals surface area contributed by atoms with E-state index in [2.05, 4.69) is 9.97 Å². The summed E-state index contributed by atoms with van der Waals surface area (Å²) < 4.78 is 22.8. The molecular weight excluding hydrogens is 398 g/mol. The Kier molecular flexibility index (Phi) is 6.27. The lowest BCUT2D eigenvalue weighted by Crippen LogP contribution is -2.52. The Balaban J connectivity index is 1.39. The maximum atomic E-state index is 13.1. The first-order valence-electron chi connectivity index (χ1n) is 10.6. The van der Waals surface area contributed by atoms with Crippen LogP contribution >= 0.6 is 0 Å². The number of aromatic nitrogens is 2. The van der Waals surface area contributed by atoms with Crippen molar-refractivity contribution in [3.63, 3.8) is 0 Å². The molecule has 8 nitrogen and oxygen atoms in total. The molecule has 2 aliphatic rings. The average molecular weight is 428 g/mol. The minimum absolute atomic E-state index is 0.0659. The molecule has 1 unspecified atom stereocenters. The minimum Gasteiger partial charge on any atom is -0.481 e. The van der Waals surface area contributed by atoms with Crippen LogP contribution in [-0.2, 0) is 4.74 Å². The fourth-order valence-corrected chi connectivity index (χ4v) is 4.32. The summed E-state index contributed by atoms with van der Waals surface area (Å²) in [5, 5.41) is 0. The number of methoxy groups -OCH3 is 2. The zero-order valence-corrected chi connectivity index (χ0v) is 18.3. The van der Waals surface area contributed by atoms with Crippen molar-refractivity contribution in [3.05, 3.63) is 41.6 Å². The molecule has 31 heavy (non-hydrogen) atoms. The fourth-order valence-electron chi connectivity index (χ4n) is 4.32. The van der Waals surface area contributed by atoms with E-state index in [9.17, 15) is 4.79 Å². The highest BCUT2D eigenvalue weighted by atomic mass is 16.5. The monoisotopic (exact) mass is 427 g/mol. The number of likely N-dealkylation sites (tertiary alicyclic amines) is 1. The molecule has 0 aliphatic carbocycles. The number of nitrogens with zero attached hydrogens (tertiary/aromatic N) is 3. The number of ether oxygens (including phenoxy) is 4. The summed E-state index contributed by atoms with van der Waals surface area (Å²) in [6.45, 7) is 3.91. The Morgan fingerprint density at radius 1 is 1.16 bits per heavy atom. The third-order valence-corrected chi connectivity index (χ3v) is 6.06. The Bertz CT molecular complexity index is 927. The number of rotatable bonds is 5. The van der Waals surface area contributed by atoms with E-state index < -0.39 is 0 Å². The first kappa shape index (κ1) is 21.4. The van der Waals surface area contributed by atoms with Gasteiger partial charge in [-0.1, -0.05) is 0 Å². The van der Waals surface area contributed by atoms with Crippen LogP contribution in [0.25, 0.3) is 0 Å². The predicted molar refractivity (Wildman–Crippen MR) is 114 cm³/mol. The molecule has 1 amide bonds. The minimum atomic E-state index is -0.258. The summed E-state index contributed by atoms with van der Waals surface area (Å²) >= 11 is 0. The second-order valence-corrected chi connectivity index (χ2v) is 8.14. The van der Waals surface area contributed by atoms with Crippen LogP contribution in [0, 0.1) is 6.92 Å². The zero-order valence-electron chi connectivity index (χ0n) is 18.3. The van der Waals surface area contributed by atoms with Crippen molar-refractivity contribution in [1.29, 1.82) is 0 Å². The second kappa shape index (κ2) is 9.09. The highest BCUT2D eigenvalue weighted by Gasteiger charge is 2.42. The van der Waals surface area contributed by atoms with Gasteiger partial charge in [0.25, 0.3) is 5.91 Å². The van der Waals surface area contributed by atoms with E-state index in [4.69, 9.17) is 18.9 Å². The molecule has 0 N–H and O–H groups in total. The van der Waals surface area contributed by atoms with Crippen LogP contribution in [0.2, 0.25) is 0 Å². The van der Waals surface area contributed by atoms with Crippen molar-refractivity contribution in [3.8, 4) is 17.6 Å². The fraction of sp³-hybridized carbons (Fsp3) is 0.522. The van der Waals surface area contributed by atoms with Gasteiger partial charge in [0.15, 0.2) is 0 Å². The molecule has 8 heteroatoms. The van der Waals surface area contributed by atoms with Gasteiger partial charge >= 0.3 is 0 Å². The van der Waals surface area contributed by atoms with Crippen molar-refractivity contribution in [1.82, 2.24) is 14.9 Å². The van der Waals surface area contributed by atoms with Crippen LogP contribution in [0.15, 0.2) is 30.5 Å². The molecule has 166 valence electrons. The van der Waals surface area contributed by atoms with Gasteiger partial charge in [0.2, 0.25) is 17.6 Å². The van der Waals surface area contributed by atoms with Gasteiger partial charge in [-0.25, -0.2) is 4.98 Å². The van der Waals surface area contributed by atoms with Gasteiger partial charge in [0.05, 0.1) is 26.4 Å². The lowest BCUT2D eigenvalue weighted by Gasteiger charge is -2.45. The van der Waals surface area contributed by atoms with E-state index in [1.807, 2.05) is 24.0 Å². The molecular formula is C23H29N3O5. The molecule has 2 fully saturated rings. The number of hydrogen-bond acceptors (Lipinski definition) is 7. The number of hydrogen-bond donors (Lipinski definition) is 0. The Morgan fingerprint density at radius 3 is 2.68 bits per heavy atom. The SMILES string of the molecule is COc1ccc(C(=O)N2CCC3(CC2)CC(Oc2cc(C)ccn2)CCO3)c(OC)n1. The van der Waals surface area contributed by atoms with Gasteiger partial charge in [-0.3, -0.25) is 4.79 Å². The Labute approximate surface area is 182 Å². The molecule has 0 bridgehead atoms. The highest BCUT2D eigenvalue weighted by molar-refractivity contribution is 5.96. The van der Waals surface area contributed by atoms with Crippen LogP contribution in [-0.4, -0.2) is 66.4 Å². The summed E-state index contributed by atoms with van der Waals surface area (Å²) in [6.07, 6.45) is 5.02. The molecule has 0 aromatic carbocycles. The molecule has 2 aromatic rings. The third kappa shape index (κ3) is 4.74. The standard InChI is InChI=1S/C23H29N3O5/c1-16-6-10-24-20(14-16)31-17-7-13-30-23(15-17)8-11-26(12-9-23)22(27)18-4-5-19(28-2)25-21(18)29-3/h4-6,10,14,17H,7-9,11-13,15H2,1-3H3. The summed E-state index contributed by atoms with van der Waals surface area (Å²) in [4.78, 5) is 23.5. The van der Waals surface area contributed by atoms with Gasteiger partial charge in [-0.05, 0) is 37.5 Å². The molecule has 1 spiro atoms. The molecule has 2 saturated heterocycles.